The quantitative estimate of drug-likeness (QED) is 0.340. The summed E-state index contributed by atoms with van der Waals surface area (Å²) in [4.78, 5) is 32.9. The number of halogens is 1. The van der Waals surface area contributed by atoms with Crippen LogP contribution in [0.25, 0.3) is 5.76 Å². The lowest BCUT2D eigenvalue weighted by atomic mass is 9.95. The first-order chi connectivity index (χ1) is 14.3. The number of ketones is 1. The molecule has 2 aromatic carbocycles. The molecule has 0 spiro atoms. The zero-order valence-electron chi connectivity index (χ0n) is 16.6. The number of hydrogen-bond donors (Lipinski definition) is 1. The number of anilines is 1. The minimum absolute atomic E-state index is 0.0247. The molecule has 0 aliphatic carbocycles. The Kier molecular flexibility index (Phi) is 5.22. The number of nitrogens with zero attached hydrogens (tertiary/aromatic N) is 2. The third kappa shape index (κ3) is 3.42. The molecular weight excluding hydrogens is 420 g/mol. The van der Waals surface area contributed by atoms with Crippen LogP contribution in [0.15, 0.2) is 54.1 Å². The topological polar surface area (TPSA) is 70.5 Å². The van der Waals surface area contributed by atoms with Gasteiger partial charge in [0, 0.05) is 15.5 Å². The van der Waals surface area contributed by atoms with E-state index in [4.69, 9.17) is 11.6 Å². The highest BCUT2D eigenvalue weighted by molar-refractivity contribution is 7.16. The summed E-state index contributed by atoms with van der Waals surface area (Å²) in [5.74, 6) is -1.68. The van der Waals surface area contributed by atoms with Crippen molar-refractivity contribution < 1.29 is 14.7 Å². The molecule has 3 aromatic rings. The fourth-order valence-corrected chi connectivity index (χ4v) is 4.58. The van der Waals surface area contributed by atoms with E-state index in [0.717, 1.165) is 16.1 Å². The number of Topliss-reactive ketones (excluding diaryl/α,β-unsaturated/α-hetero) is 1. The Hall–Kier alpha value is -2.96. The Labute approximate surface area is 183 Å². The molecule has 7 heteroatoms. The Morgan fingerprint density at radius 3 is 2.40 bits per heavy atom. The van der Waals surface area contributed by atoms with Gasteiger partial charge in [-0.15, -0.1) is 11.3 Å². The van der Waals surface area contributed by atoms with Gasteiger partial charge < -0.3 is 5.11 Å². The van der Waals surface area contributed by atoms with Gasteiger partial charge in [0.15, 0.2) is 5.13 Å². The smallest absolute Gasteiger partial charge is 0.301 e. The molecule has 152 valence electrons. The lowest BCUT2D eigenvalue weighted by molar-refractivity contribution is -0.132. The van der Waals surface area contributed by atoms with Crippen LogP contribution >= 0.6 is 22.9 Å². The molecule has 1 saturated heterocycles. The van der Waals surface area contributed by atoms with Gasteiger partial charge in [-0.3, -0.25) is 14.5 Å². The van der Waals surface area contributed by atoms with Crippen molar-refractivity contribution in [2.75, 3.05) is 4.90 Å². The van der Waals surface area contributed by atoms with Crippen molar-refractivity contribution in [3.05, 3.63) is 86.4 Å². The van der Waals surface area contributed by atoms with Gasteiger partial charge in [-0.1, -0.05) is 53.6 Å². The van der Waals surface area contributed by atoms with Crippen LogP contribution in [0.1, 0.15) is 33.3 Å². The summed E-state index contributed by atoms with van der Waals surface area (Å²) >= 11 is 7.54. The molecule has 0 bridgehead atoms. The summed E-state index contributed by atoms with van der Waals surface area (Å²) in [6, 6.07) is 13.3. The Balaban J connectivity index is 1.96. The van der Waals surface area contributed by atoms with Gasteiger partial charge >= 0.3 is 5.91 Å². The average molecular weight is 439 g/mol. The molecule has 0 radical (unpaired) electrons. The Morgan fingerprint density at radius 2 is 1.80 bits per heavy atom. The third-order valence-electron chi connectivity index (χ3n) is 5.16. The summed E-state index contributed by atoms with van der Waals surface area (Å²) < 4.78 is 0. The van der Waals surface area contributed by atoms with Gasteiger partial charge in [0.05, 0.1) is 17.3 Å². The summed E-state index contributed by atoms with van der Waals surface area (Å²) in [6.07, 6.45) is 0. The summed E-state index contributed by atoms with van der Waals surface area (Å²) in [6.45, 7) is 5.70. The number of amides is 1. The molecule has 1 atom stereocenters. The number of rotatable bonds is 3. The molecule has 4 rings (SSSR count). The second-order valence-corrected chi connectivity index (χ2v) is 8.85. The summed E-state index contributed by atoms with van der Waals surface area (Å²) in [5, 5.41) is 11.9. The average Bonchev–Trinajstić information content (AvgIpc) is 3.18. The molecule has 1 aliphatic rings. The molecular formula is C23H19ClN2O3S. The van der Waals surface area contributed by atoms with Crippen molar-refractivity contribution in [2.24, 2.45) is 0 Å². The molecule has 1 aromatic heterocycles. The molecule has 1 aliphatic heterocycles. The number of hydrogen-bond acceptors (Lipinski definition) is 5. The largest absolute Gasteiger partial charge is 0.507 e. The third-order valence-corrected chi connectivity index (χ3v) is 6.46. The van der Waals surface area contributed by atoms with Gasteiger partial charge in [0.2, 0.25) is 0 Å². The minimum atomic E-state index is -0.824. The van der Waals surface area contributed by atoms with Crippen LogP contribution in [0.5, 0.6) is 0 Å². The highest BCUT2D eigenvalue weighted by Gasteiger charge is 2.48. The number of aryl methyl sites for hydroxylation is 3. The highest BCUT2D eigenvalue weighted by Crippen LogP contribution is 2.44. The van der Waals surface area contributed by atoms with Crippen LogP contribution in [0.4, 0.5) is 5.13 Å². The predicted molar refractivity (Wildman–Crippen MR) is 119 cm³/mol. The van der Waals surface area contributed by atoms with Crippen molar-refractivity contribution in [1.82, 2.24) is 4.98 Å². The van der Waals surface area contributed by atoms with E-state index in [1.165, 1.54) is 16.2 Å². The van der Waals surface area contributed by atoms with Gasteiger partial charge in [0.1, 0.15) is 5.76 Å². The Morgan fingerprint density at radius 1 is 1.10 bits per heavy atom. The molecule has 0 unspecified atom stereocenters. The standard InChI is InChI=1S/C23H19ClN2O3S/c1-12-7-9-15(10-8-12)20(27)18-19(16-5-4-6-17(24)11-16)26(22(29)21(18)28)23-25-13(2)14(3)30-23/h4-11,19,27H,1-3H3/b20-18+/t19-/m0/s1. The van der Waals surface area contributed by atoms with Crippen LogP contribution in [-0.4, -0.2) is 21.8 Å². The van der Waals surface area contributed by atoms with Gasteiger partial charge in [-0.25, -0.2) is 4.98 Å². The fraction of sp³-hybridized carbons (Fsp3) is 0.174. The van der Waals surface area contributed by atoms with Crippen molar-refractivity contribution in [3.63, 3.8) is 0 Å². The first-order valence-electron chi connectivity index (χ1n) is 9.35. The van der Waals surface area contributed by atoms with Gasteiger partial charge in [-0.2, -0.15) is 0 Å². The molecule has 1 amide bonds. The fourth-order valence-electron chi connectivity index (χ4n) is 3.45. The number of aliphatic hydroxyl groups is 1. The normalized spacial score (nSPS) is 18.3. The maximum absolute atomic E-state index is 13.1. The number of aromatic nitrogens is 1. The number of benzene rings is 2. The lowest BCUT2D eigenvalue weighted by Gasteiger charge is -2.23. The highest BCUT2D eigenvalue weighted by atomic mass is 35.5. The van der Waals surface area contributed by atoms with E-state index in [1.54, 1.807) is 36.4 Å². The maximum atomic E-state index is 13.1. The van der Waals surface area contributed by atoms with E-state index in [-0.39, 0.29) is 11.3 Å². The SMILES string of the molecule is Cc1ccc(/C(O)=C2\C(=O)C(=O)N(c3nc(C)c(C)s3)[C@H]2c2cccc(Cl)c2)cc1. The van der Waals surface area contributed by atoms with Crippen LogP contribution in [0.3, 0.4) is 0 Å². The van der Waals surface area contributed by atoms with E-state index in [0.29, 0.717) is 21.3 Å². The van der Waals surface area contributed by atoms with Crippen molar-refractivity contribution in [3.8, 4) is 0 Å². The van der Waals surface area contributed by atoms with Crippen molar-refractivity contribution >= 4 is 45.5 Å². The van der Waals surface area contributed by atoms with Crippen molar-refractivity contribution in [1.29, 1.82) is 0 Å². The number of aliphatic hydroxyl groups excluding tert-OH is 1. The second kappa shape index (κ2) is 7.70. The van der Waals surface area contributed by atoms with E-state index < -0.39 is 17.7 Å². The van der Waals surface area contributed by atoms with Crippen molar-refractivity contribution in [2.45, 2.75) is 26.8 Å². The molecule has 30 heavy (non-hydrogen) atoms. The van der Waals surface area contributed by atoms with Gasteiger partial charge in [0.25, 0.3) is 5.78 Å². The van der Waals surface area contributed by atoms with E-state index >= 15 is 0 Å². The zero-order valence-corrected chi connectivity index (χ0v) is 18.2. The Bertz CT molecular complexity index is 1180. The van der Waals surface area contributed by atoms with Crippen LogP contribution < -0.4 is 4.90 Å². The van der Waals surface area contributed by atoms with Crippen LogP contribution in [-0.2, 0) is 9.59 Å². The van der Waals surface area contributed by atoms with E-state index in [2.05, 4.69) is 4.98 Å². The second-order valence-electron chi connectivity index (χ2n) is 7.23. The first-order valence-corrected chi connectivity index (χ1v) is 10.5. The molecule has 5 nitrogen and oxygen atoms in total. The van der Waals surface area contributed by atoms with E-state index in [1.807, 2.05) is 32.9 Å². The summed E-state index contributed by atoms with van der Waals surface area (Å²) in [5.41, 5.74) is 2.93. The predicted octanol–water partition coefficient (Wildman–Crippen LogP) is 5.35. The van der Waals surface area contributed by atoms with Crippen LogP contribution in [0, 0.1) is 20.8 Å². The maximum Gasteiger partial charge on any atom is 0.301 e. The minimum Gasteiger partial charge on any atom is -0.507 e. The molecule has 2 heterocycles. The number of carbonyl (C=O) groups excluding carboxylic acids is 2. The number of carbonyl (C=O) groups is 2. The molecule has 1 fully saturated rings. The summed E-state index contributed by atoms with van der Waals surface area (Å²) in [7, 11) is 0. The van der Waals surface area contributed by atoms with Crippen LogP contribution in [0.2, 0.25) is 5.02 Å². The van der Waals surface area contributed by atoms with E-state index in [9.17, 15) is 14.7 Å². The lowest BCUT2D eigenvalue weighted by Crippen LogP contribution is -2.29. The van der Waals surface area contributed by atoms with Gasteiger partial charge in [-0.05, 0) is 38.5 Å². The first kappa shape index (κ1) is 20.3. The monoisotopic (exact) mass is 438 g/mol. The zero-order chi connectivity index (χ0) is 21.6. The number of thiazole rings is 1. The molecule has 0 saturated carbocycles. The molecule has 1 N–H and O–H groups in total.